The monoisotopic (exact) mass is 348 g/mol. The van der Waals surface area contributed by atoms with Crippen molar-refractivity contribution in [2.24, 2.45) is 11.7 Å². The number of nitrogens with two attached hydrogens (primary N) is 1. The van der Waals surface area contributed by atoms with Crippen LogP contribution in [0.15, 0.2) is 53.4 Å². The van der Waals surface area contributed by atoms with Crippen LogP contribution < -0.4 is 5.73 Å². The highest BCUT2D eigenvalue weighted by atomic mass is 32.2. The Morgan fingerprint density at radius 2 is 1.83 bits per heavy atom. The molecule has 2 aromatic rings. The highest BCUT2D eigenvalue weighted by molar-refractivity contribution is 7.89. The topological polar surface area (TPSA) is 63.4 Å². The van der Waals surface area contributed by atoms with Gasteiger partial charge in [-0.25, -0.2) is 12.8 Å². The third kappa shape index (κ3) is 2.97. The van der Waals surface area contributed by atoms with E-state index < -0.39 is 15.8 Å². The molecule has 2 aromatic carbocycles. The van der Waals surface area contributed by atoms with Gasteiger partial charge < -0.3 is 5.73 Å². The summed E-state index contributed by atoms with van der Waals surface area (Å²) in [6.45, 7) is 2.64. The molecule has 1 aliphatic rings. The van der Waals surface area contributed by atoms with Crippen LogP contribution in [0.4, 0.5) is 4.39 Å². The smallest absolute Gasteiger partial charge is 0.246 e. The molecular formula is C18H21FN2O2S. The van der Waals surface area contributed by atoms with Gasteiger partial charge in [-0.05, 0) is 36.6 Å². The average Bonchev–Trinajstić information content (AvgIpc) is 3.00. The first-order valence-corrected chi connectivity index (χ1v) is 9.39. The van der Waals surface area contributed by atoms with Crippen molar-refractivity contribution in [1.82, 2.24) is 4.31 Å². The second-order valence-corrected chi connectivity index (χ2v) is 8.10. The summed E-state index contributed by atoms with van der Waals surface area (Å²) in [5.74, 6) is -0.658. The highest BCUT2D eigenvalue weighted by Gasteiger charge is 2.40. The number of benzene rings is 2. The summed E-state index contributed by atoms with van der Waals surface area (Å²) in [4.78, 5) is -0.227. The lowest BCUT2D eigenvalue weighted by Crippen LogP contribution is -2.31. The zero-order valence-electron chi connectivity index (χ0n) is 13.5. The van der Waals surface area contributed by atoms with Gasteiger partial charge in [-0.15, -0.1) is 0 Å². The molecule has 0 unspecified atom stereocenters. The molecule has 6 heteroatoms. The van der Waals surface area contributed by atoms with Crippen molar-refractivity contribution in [2.75, 3.05) is 19.6 Å². The normalized spacial score (nSPS) is 22.0. The first-order chi connectivity index (χ1) is 11.4. The molecule has 0 aromatic heterocycles. The van der Waals surface area contributed by atoms with Crippen LogP contribution in [0, 0.1) is 18.7 Å². The van der Waals surface area contributed by atoms with E-state index in [-0.39, 0.29) is 16.7 Å². The molecule has 24 heavy (non-hydrogen) atoms. The zero-order chi connectivity index (χ0) is 17.3. The van der Waals surface area contributed by atoms with Crippen LogP contribution in [-0.2, 0) is 10.0 Å². The summed E-state index contributed by atoms with van der Waals surface area (Å²) >= 11 is 0. The van der Waals surface area contributed by atoms with E-state index in [0.717, 1.165) is 5.56 Å². The van der Waals surface area contributed by atoms with Crippen LogP contribution in [0.25, 0.3) is 0 Å². The molecular weight excluding hydrogens is 327 g/mol. The van der Waals surface area contributed by atoms with Gasteiger partial charge in [0, 0.05) is 19.0 Å². The summed E-state index contributed by atoms with van der Waals surface area (Å²) < 4.78 is 41.5. The Morgan fingerprint density at radius 3 is 2.46 bits per heavy atom. The van der Waals surface area contributed by atoms with Crippen LogP contribution in [0.1, 0.15) is 17.0 Å². The fourth-order valence-electron chi connectivity index (χ4n) is 3.42. The molecule has 2 N–H and O–H groups in total. The minimum Gasteiger partial charge on any atom is -0.330 e. The van der Waals surface area contributed by atoms with Gasteiger partial charge in [0.05, 0.1) is 0 Å². The van der Waals surface area contributed by atoms with E-state index in [4.69, 9.17) is 5.73 Å². The van der Waals surface area contributed by atoms with Gasteiger partial charge in [-0.1, -0.05) is 42.5 Å². The fraction of sp³-hybridized carbons (Fsp3) is 0.333. The summed E-state index contributed by atoms with van der Waals surface area (Å²) in [5.41, 5.74) is 7.35. The quantitative estimate of drug-likeness (QED) is 0.923. The molecule has 128 valence electrons. The number of sulfonamides is 1. The van der Waals surface area contributed by atoms with Crippen molar-refractivity contribution in [3.05, 3.63) is 65.5 Å². The van der Waals surface area contributed by atoms with Gasteiger partial charge in [-0.2, -0.15) is 4.31 Å². The molecule has 0 amide bonds. The van der Waals surface area contributed by atoms with Gasteiger partial charge in [0.15, 0.2) is 0 Å². The second kappa shape index (κ2) is 6.63. The molecule has 2 atom stereocenters. The number of aryl methyl sites for hydroxylation is 1. The lowest BCUT2D eigenvalue weighted by molar-refractivity contribution is 0.452. The maximum absolute atomic E-state index is 14.2. The van der Waals surface area contributed by atoms with Gasteiger partial charge in [0.1, 0.15) is 10.7 Å². The predicted octanol–water partition coefficient (Wildman–Crippen LogP) is 2.50. The number of hydrogen-bond donors (Lipinski definition) is 1. The summed E-state index contributed by atoms with van der Waals surface area (Å²) in [7, 11) is -3.88. The van der Waals surface area contributed by atoms with Crippen molar-refractivity contribution in [2.45, 2.75) is 17.7 Å². The van der Waals surface area contributed by atoms with Crippen molar-refractivity contribution < 1.29 is 12.8 Å². The van der Waals surface area contributed by atoms with Crippen LogP contribution in [0.2, 0.25) is 0 Å². The van der Waals surface area contributed by atoms with Crippen molar-refractivity contribution in [1.29, 1.82) is 0 Å². The van der Waals surface area contributed by atoms with Crippen LogP contribution in [0.5, 0.6) is 0 Å². The molecule has 0 saturated carbocycles. The molecule has 1 heterocycles. The number of halogens is 1. The number of rotatable bonds is 4. The van der Waals surface area contributed by atoms with Crippen molar-refractivity contribution in [3.8, 4) is 0 Å². The first kappa shape index (κ1) is 17.1. The molecule has 0 bridgehead atoms. The minimum absolute atomic E-state index is 0.0225. The number of hydrogen-bond acceptors (Lipinski definition) is 3. The molecule has 4 nitrogen and oxygen atoms in total. The van der Waals surface area contributed by atoms with E-state index in [9.17, 15) is 12.8 Å². The van der Waals surface area contributed by atoms with Gasteiger partial charge in [-0.3, -0.25) is 0 Å². The Kier molecular flexibility index (Phi) is 4.71. The Hall–Kier alpha value is -1.76. The summed E-state index contributed by atoms with van der Waals surface area (Å²) in [6, 6.07) is 14.1. The van der Waals surface area contributed by atoms with Crippen molar-refractivity contribution >= 4 is 10.0 Å². The fourth-order valence-corrected chi connectivity index (χ4v) is 5.21. The zero-order valence-corrected chi connectivity index (χ0v) is 14.3. The Balaban J connectivity index is 1.96. The maximum Gasteiger partial charge on any atom is 0.246 e. The molecule has 0 spiro atoms. The Morgan fingerprint density at radius 1 is 1.12 bits per heavy atom. The largest absolute Gasteiger partial charge is 0.330 e. The molecule has 1 saturated heterocycles. The van der Waals surface area contributed by atoms with E-state index in [0.29, 0.717) is 25.2 Å². The predicted molar refractivity (Wildman–Crippen MR) is 91.6 cm³/mol. The van der Waals surface area contributed by atoms with E-state index >= 15 is 0 Å². The SMILES string of the molecule is Cc1cccc(F)c1S(=O)(=O)N1C[C@@H](CN)[C@H](c2ccccc2)C1. The van der Waals surface area contributed by atoms with Crippen LogP contribution in [0.3, 0.4) is 0 Å². The maximum atomic E-state index is 14.2. The minimum atomic E-state index is -3.88. The highest BCUT2D eigenvalue weighted by Crippen LogP contribution is 2.36. The molecule has 0 aliphatic carbocycles. The third-order valence-corrected chi connectivity index (χ3v) is 6.71. The van der Waals surface area contributed by atoms with Crippen molar-refractivity contribution in [3.63, 3.8) is 0 Å². The van der Waals surface area contributed by atoms with Gasteiger partial charge >= 0.3 is 0 Å². The molecule has 1 fully saturated rings. The van der Waals surface area contributed by atoms with Gasteiger partial charge in [0.2, 0.25) is 10.0 Å². The molecule has 3 rings (SSSR count). The summed E-state index contributed by atoms with van der Waals surface area (Å²) in [6.07, 6.45) is 0. The Labute approximate surface area is 142 Å². The van der Waals surface area contributed by atoms with Crippen LogP contribution >= 0.6 is 0 Å². The van der Waals surface area contributed by atoms with Gasteiger partial charge in [0.25, 0.3) is 0 Å². The van der Waals surface area contributed by atoms with E-state index in [1.54, 1.807) is 13.0 Å². The van der Waals surface area contributed by atoms with E-state index in [1.807, 2.05) is 30.3 Å². The second-order valence-electron chi connectivity index (χ2n) is 6.22. The Bertz CT molecular complexity index is 804. The lowest BCUT2D eigenvalue weighted by Gasteiger charge is -2.18. The molecule has 0 radical (unpaired) electrons. The summed E-state index contributed by atoms with van der Waals surface area (Å²) in [5, 5.41) is 0. The van der Waals surface area contributed by atoms with E-state index in [1.165, 1.54) is 16.4 Å². The number of nitrogens with zero attached hydrogens (tertiary/aromatic N) is 1. The average molecular weight is 348 g/mol. The van der Waals surface area contributed by atoms with E-state index in [2.05, 4.69) is 0 Å². The van der Waals surface area contributed by atoms with Crippen LogP contribution in [-0.4, -0.2) is 32.4 Å². The standard InChI is InChI=1S/C18H21FN2O2S/c1-13-6-5-9-17(19)18(13)24(22,23)21-11-15(10-20)16(12-21)14-7-3-2-4-8-14/h2-9,15-16H,10-12,20H2,1H3/t15-,16+/m1/s1. The third-order valence-electron chi connectivity index (χ3n) is 4.70. The first-order valence-electron chi connectivity index (χ1n) is 7.95. The molecule has 1 aliphatic heterocycles. The lowest BCUT2D eigenvalue weighted by atomic mass is 9.89.